The molecule has 0 aromatic carbocycles. The first kappa shape index (κ1) is 13.9. The second kappa shape index (κ2) is 7.15. The Morgan fingerprint density at radius 3 is 2.94 bits per heavy atom. The zero-order valence-electron chi connectivity index (χ0n) is 11.2. The topological polar surface area (TPSA) is 29.9 Å². The summed E-state index contributed by atoms with van der Waals surface area (Å²) < 4.78 is 2.17. The molecule has 0 aliphatic heterocycles. The molecular weight excluding hydrogens is 246 g/mol. The minimum atomic E-state index is 0.520. The van der Waals surface area contributed by atoms with Gasteiger partial charge in [-0.15, -0.1) is 11.6 Å². The molecule has 1 unspecified atom stereocenters. The summed E-state index contributed by atoms with van der Waals surface area (Å²) in [5, 5.41) is 8.09. The first-order chi connectivity index (χ1) is 8.79. The summed E-state index contributed by atoms with van der Waals surface area (Å²) in [6, 6.07) is 2.77. The molecule has 18 heavy (non-hydrogen) atoms. The lowest BCUT2D eigenvalue weighted by atomic mass is 9.96. The molecule has 1 saturated carbocycles. The molecule has 4 heteroatoms. The van der Waals surface area contributed by atoms with Crippen molar-refractivity contribution < 1.29 is 0 Å². The normalized spacial score (nSPS) is 19.0. The Kier molecular flexibility index (Phi) is 5.51. The zero-order valence-corrected chi connectivity index (χ0v) is 12.0. The number of halogens is 1. The van der Waals surface area contributed by atoms with Gasteiger partial charge in [-0.25, -0.2) is 0 Å². The Morgan fingerprint density at radius 1 is 1.44 bits per heavy atom. The first-order valence-corrected chi connectivity index (χ1v) is 7.63. The zero-order chi connectivity index (χ0) is 12.8. The number of rotatable bonds is 6. The van der Waals surface area contributed by atoms with Crippen molar-refractivity contribution in [3.63, 3.8) is 0 Å². The summed E-state index contributed by atoms with van der Waals surface area (Å²) >= 11 is 5.78. The van der Waals surface area contributed by atoms with Crippen LogP contribution in [0, 0.1) is 5.92 Å². The standard InChI is InChI=1S/C14H24ClN3/c1-12(9-15)10-16-11-13-7-8-18(17-13)14-5-3-2-4-6-14/h7-8,12,14,16H,2-6,9-11H2,1H3. The molecule has 1 fully saturated rings. The predicted octanol–water partition coefficient (Wildman–Crippen LogP) is 3.35. The van der Waals surface area contributed by atoms with Crippen LogP contribution in [0.1, 0.15) is 50.8 Å². The molecule has 1 N–H and O–H groups in total. The average molecular weight is 270 g/mol. The SMILES string of the molecule is CC(CCl)CNCc1ccn(C2CCCCC2)n1. The summed E-state index contributed by atoms with van der Waals surface area (Å²) in [6.45, 7) is 3.96. The van der Waals surface area contributed by atoms with Crippen LogP contribution in [0.25, 0.3) is 0 Å². The Hall–Kier alpha value is -0.540. The maximum atomic E-state index is 5.78. The van der Waals surface area contributed by atoms with Gasteiger partial charge in [-0.05, 0) is 31.4 Å². The number of alkyl halides is 1. The third-order valence-electron chi connectivity index (χ3n) is 3.67. The third kappa shape index (κ3) is 3.99. The summed E-state index contributed by atoms with van der Waals surface area (Å²) in [5.74, 6) is 1.23. The number of nitrogens with zero attached hydrogens (tertiary/aromatic N) is 2. The molecule has 1 aliphatic rings. The fraction of sp³-hybridized carbons (Fsp3) is 0.786. The van der Waals surface area contributed by atoms with E-state index in [0.717, 1.165) is 18.8 Å². The van der Waals surface area contributed by atoms with Gasteiger partial charge >= 0.3 is 0 Å². The van der Waals surface area contributed by atoms with Gasteiger partial charge in [-0.1, -0.05) is 26.2 Å². The van der Waals surface area contributed by atoms with E-state index in [4.69, 9.17) is 11.6 Å². The van der Waals surface area contributed by atoms with Gasteiger partial charge < -0.3 is 5.32 Å². The smallest absolute Gasteiger partial charge is 0.0762 e. The van der Waals surface area contributed by atoms with Gasteiger partial charge in [0.2, 0.25) is 0 Å². The highest BCUT2D eigenvalue weighted by molar-refractivity contribution is 6.18. The average Bonchev–Trinajstić information content (AvgIpc) is 2.88. The van der Waals surface area contributed by atoms with Crippen molar-refractivity contribution in [1.82, 2.24) is 15.1 Å². The quantitative estimate of drug-likeness (QED) is 0.803. The van der Waals surface area contributed by atoms with Gasteiger partial charge in [0.25, 0.3) is 0 Å². The van der Waals surface area contributed by atoms with E-state index >= 15 is 0 Å². The van der Waals surface area contributed by atoms with Crippen LogP contribution < -0.4 is 5.32 Å². The van der Waals surface area contributed by atoms with Crippen molar-refractivity contribution in [2.45, 2.75) is 51.6 Å². The molecule has 2 rings (SSSR count). The molecule has 1 atom stereocenters. The van der Waals surface area contributed by atoms with Gasteiger partial charge in [0.1, 0.15) is 0 Å². The molecule has 0 amide bonds. The summed E-state index contributed by atoms with van der Waals surface area (Å²) in [5.41, 5.74) is 1.14. The van der Waals surface area contributed by atoms with Crippen molar-refractivity contribution in [3.05, 3.63) is 18.0 Å². The van der Waals surface area contributed by atoms with Crippen LogP contribution in [-0.4, -0.2) is 22.2 Å². The Labute approximate surface area is 115 Å². The van der Waals surface area contributed by atoms with E-state index in [1.165, 1.54) is 32.1 Å². The van der Waals surface area contributed by atoms with E-state index in [1.807, 2.05) is 0 Å². The van der Waals surface area contributed by atoms with E-state index in [0.29, 0.717) is 17.8 Å². The van der Waals surface area contributed by atoms with Crippen LogP contribution >= 0.6 is 11.6 Å². The molecule has 0 radical (unpaired) electrons. The van der Waals surface area contributed by atoms with E-state index in [9.17, 15) is 0 Å². The first-order valence-electron chi connectivity index (χ1n) is 7.10. The third-order valence-corrected chi connectivity index (χ3v) is 4.20. The van der Waals surface area contributed by atoms with Gasteiger partial charge in [-0.3, -0.25) is 4.68 Å². The Bertz CT molecular complexity index is 345. The molecule has 0 bridgehead atoms. The molecule has 1 aromatic heterocycles. The van der Waals surface area contributed by atoms with Gasteiger partial charge in [0, 0.05) is 18.6 Å². The van der Waals surface area contributed by atoms with Crippen LogP contribution in [-0.2, 0) is 6.54 Å². The number of aromatic nitrogens is 2. The fourth-order valence-electron chi connectivity index (χ4n) is 2.52. The maximum absolute atomic E-state index is 5.78. The molecule has 0 saturated heterocycles. The maximum Gasteiger partial charge on any atom is 0.0762 e. The molecule has 1 aromatic rings. The highest BCUT2D eigenvalue weighted by Crippen LogP contribution is 2.27. The van der Waals surface area contributed by atoms with Gasteiger partial charge in [0.15, 0.2) is 0 Å². The van der Waals surface area contributed by atoms with Crippen LogP contribution in [0.5, 0.6) is 0 Å². The number of nitrogens with one attached hydrogen (secondary N) is 1. The predicted molar refractivity (Wildman–Crippen MR) is 75.9 cm³/mol. The largest absolute Gasteiger partial charge is 0.311 e. The minimum absolute atomic E-state index is 0.520. The van der Waals surface area contributed by atoms with E-state index in [-0.39, 0.29) is 0 Å². The van der Waals surface area contributed by atoms with E-state index in [1.54, 1.807) is 0 Å². The van der Waals surface area contributed by atoms with Crippen molar-refractivity contribution in [2.75, 3.05) is 12.4 Å². The second-order valence-corrected chi connectivity index (χ2v) is 5.78. The van der Waals surface area contributed by atoms with E-state index in [2.05, 4.69) is 34.3 Å². The van der Waals surface area contributed by atoms with Crippen molar-refractivity contribution in [2.24, 2.45) is 5.92 Å². The fourth-order valence-corrected chi connectivity index (χ4v) is 2.63. The molecule has 1 aliphatic carbocycles. The monoisotopic (exact) mass is 269 g/mol. The van der Waals surface area contributed by atoms with Crippen LogP contribution in [0.2, 0.25) is 0 Å². The molecule has 0 spiro atoms. The lowest BCUT2D eigenvalue weighted by Crippen LogP contribution is -2.22. The second-order valence-electron chi connectivity index (χ2n) is 5.47. The van der Waals surface area contributed by atoms with Crippen LogP contribution in [0.3, 0.4) is 0 Å². The highest BCUT2D eigenvalue weighted by atomic mass is 35.5. The summed E-state index contributed by atoms with van der Waals surface area (Å²) in [7, 11) is 0. The van der Waals surface area contributed by atoms with Crippen molar-refractivity contribution in [3.8, 4) is 0 Å². The minimum Gasteiger partial charge on any atom is -0.311 e. The molecular formula is C14H24ClN3. The summed E-state index contributed by atoms with van der Waals surface area (Å²) in [6.07, 6.45) is 8.81. The lowest BCUT2D eigenvalue weighted by molar-refractivity contribution is 0.327. The van der Waals surface area contributed by atoms with Gasteiger partial charge in [-0.2, -0.15) is 5.10 Å². The molecule has 102 valence electrons. The number of hydrogen-bond acceptors (Lipinski definition) is 2. The van der Waals surface area contributed by atoms with E-state index < -0.39 is 0 Å². The lowest BCUT2D eigenvalue weighted by Gasteiger charge is -2.21. The molecule has 3 nitrogen and oxygen atoms in total. The molecule has 1 heterocycles. The highest BCUT2D eigenvalue weighted by Gasteiger charge is 2.15. The van der Waals surface area contributed by atoms with Crippen LogP contribution in [0.4, 0.5) is 0 Å². The van der Waals surface area contributed by atoms with Crippen LogP contribution in [0.15, 0.2) is 12.3 Å². The van der Waals surface area contributed by atoms with Crippen molar-refractivity contribution >= 4 is 11.6 Å². The van der Waals surface area contributed by atoms with Crippen molar-refractivity contribution in [1.29, 1.82) is 0 Å². The van der Waals surface area contributed by atoms with Gasteiger partial charge in [0.05, 0.1) is 11.7 Å². The Morgan fingerprint density at radius 2 is 2.22 bits per heavy atom. The summed E-state index contributed by atoms with van der Waals surface area (Å²) in [4.78, 5) is 0. The number of hydrogen-bond donors (Lipinski definition) is 1. The Balaban J connectivity index is 1.78.